The second-order valence-corrected chi connectivity index (χ2v) is 3.45. The maximum absolute atomic E-state index is 11.7. The number of hydrogen-bond donors (Lipinski definition) is 1. The van der Waals surface area contributed by atoms with E-state index in [-0.39, 0.29) is 11.7 Å². The molecule has 1 aromatic carbocycles. The van der Waals surface area contributed by atoms with Crippen molar-refractivity contribution in [3.8, 4) is 0 Å². The summed E-state index contributed by atoms with van der Waals surface area (Å²) in [6.45, 7) is 0. The Balaban J connectivity index is 2.13. The van der Waals surface area contributed by atoms with Gasteiger partial charge < -0.3 is 5.32 Å². The van der Waals surface area contributed by atoms with E-state index in [2.05, 4.69) is 5.32 Å². The second-order valence-electron chi connectivity index (χ2n) is 3.45. The minimum absolute atomic E-state index is 0.0119. The average Bonchev–Trinajstić information content (AvgIpc) is 2.65. The summed E-state index contributed by atoms with van der Waals surface area (Å²) in [6, 6.07) is 9.02. The van der Waals surface area contributed by atoms with Crippen molar-refractivity contribution in [2.75, 3.05) is 0 Å². The molecule has 0 spiro atoms. The van der Waals surface area contributed by atoms with Gasteiger partial charge in [0, 0.05) is 23.8 Å². The topological polar surface area (TPSA) is 46.2 Å². The van der Waals surface area contributed by atoms with Gasteiger partial charge in [0.25, 0.3) is 0 Å². The Morgan fingerprint density at radius 1 is 1.20 bits per heavy atom. The first kappa shape index (κ1) is 9.65. The van der Waals surface area contributed by atoms with Gasteiger partial charge >= 0.3 is 0 Å². The molecule has 0 unspecified atom stereocenters. The summed E-state index contributed by atoms with van der Waals surface area (Å²) in [5, 5.41) is 2.66. The molecule has 1 N–H and O–H groups in total. The zero-order valence-corrected chi connectivity index (χ0v) is 8.19. The lowest BCUT2D eigenvalue weighted by molar-refractivity contribution is -0.118. The van der Waals surface area contributed by atoms with Gasteiger partial charge in [-0.25, -0.2) is 0 Å². The lowest BCUT2D eigenvalue weighted by Crippen LogP contribution is -2.13. The van der Waals surface area contributed by atoms with E-state index < -0.39 is 0 Å². The molecule has 76 valence electrons. The fourth-order valence-electron chi connectivity index (χ4n) is 1.50. The fraction of sp³-hybridized carbons (Fsp3) is 0.167. The number of carbonyl (C=O) groups excluding carboxylic acids is 2. The van der Waals surface area contributed by atoms with E-state index in [1.54, 1.807) is 12.1 Å². The number of hydrogen-bond acceptors (Lipinski definition) is 2. The Labute approximate surface area is 87.8 Å². The summed E-state index contributed by atoms with van der Waals surface area (Å²) in [5.74, 6) is -0.0742. The van der Waals surface area contributed by atoms with Crippen LogP contribution in [-0.4, -0.2) is 11.7 Å². The van der Waals surface area contributed by atoms with Crippen LogP contribution in [0.15, 0.2) is 42.1 Å². The van der Waals surface area contributed by atoms with Gasteiger partial charge in [0.05, 0.1) is 0 Å². The molecule has 3 nitrogen and oxygen atoms in total. The first-order valence-corrected chi connectivity index (χ1v) is 4.85. The average molecular weight is 201 g/mol. The Morgan fingerprint density at radius 3 is 2.53 bits per heavy atom. The summed E-state index contributed by atoms with van der Waals surface area (Å²) in [5.41, 5.74) is 1.36. The van der Waals surface area contributed by atoms with E-state index in [1.165, 1.54) is 6.08 Å². The zero-order valence-electron chi connectivity index (χ0n) is 8.19. The molecular weight excluding hydrogens is 190 g/mol. The highest BCUT2D eigenvalue weighted by Crippen LogP contribution is 2.11. The third-order valence-electron chi connectivity index (χ3n) is 2.29. The predicted octanol–water partition coefficient (Wildman–Crippen LogP) is 1.66. The van der Waals surface area contributed by atoms with Crippen LogP contribution in [0.25, 0.3) is 0 Å². The molecule has 1 fully saturated rings. The highest BCUT2D eigenvalue weighted by atomic mass is 16.2. The zero-order chi connectivity index (χ0) is 10.7. The van der Waals surface area contributed by atoms with Gasteiger partial charge in [-0.2, -0.15) is 0 Å². The van der Waals surface area contributed by atoms with Gasteiger partial charge in [0.2, 0.25) is 5.91 Å². The van der Waals surface area contributed by atoms with E-state index in [4.69, 9.17) is 0 Å². The van der Waals surface area contributed by atoms with Crippen LogP contribution in [0.1, 0.15) is 23.2 Å². The maximum Gasteiger partial charge on any atom is 0.224 e. The SMILES string of the molecule is O=C1CC/C(=C/C(=O)c2ccccc2)N1. The van der Waals surface area contributed by atoms with E-state index in [0.717, 1.165) is 0 Å². The number of allylic oxidation sites excluding steroid dienone is 2. The van der Waals surface area contributed by atoms with Crippen molar-refractivity contribution in [2.24, 2.45) is 0 Å². The van der Waals surface area contributed by atoms with Gasteiger partial charge in [-0.3, -0.25) is 9.59 Å². The standard InChI is InChI=1S/C12H11NO2/c14-11(9-4-2-1-3-5-9)8-10-6-7-12(15)13-10/h1-5,8H,6-7H2,(H,13,15)/b10-8-. The summed E-state index contributed by atoms with van der Waals surface area (Å²) in [6.07, 6.45) is 2.62. The lowest BCUT2D eigenvalue weighted by atomic mass is 10.1. The Bertz CT molecular complexity index is 421. The molecule has 0 bridgehead atoms. The molecule has 1 saturated heterocycles. The van der Waals surface area contributed by atoms with Crippen LogP contribution < -0.4 is 5.32 Å². The van der Waals surface area contributed by atoms with Crippen LogP contribution in [0, 0.1) is 0 Å². The number of carbonyl (C=O) groups is 2. The van der Waals surface area contributed by atoms with E-state index in [1.807, 2.05) is 18.2 Å². The largest absolute Gasteiger partial charge is 0.330 e. The van der Waals surface area contributed by atoms with E-state index >= 15 is 0 Å². The molecule has 1 aliphatic rings. The van der Waals surface area contributed by atoms with Gasteiger partial charge in [0.15, 0.2) is 5.78 Å². The minimum atomic E-state index is -0.0622. The molecule has 0 saturated carbocycles. The Morgan fingerprint density at radius 2 is 1.93 bits per heavy atom. The van der Waals surface area contributed by atoms with Crippen LogP contribution in [0.3, 0.4) is 0 Å². The lowest BCUT2D eigenvalue weighted by Gasteiger charge is -1.97. The van der Waals surface area contributed by atoms with Crippen molar-refractivity contribution in [2.45, 2.75) is 12.8 Å². The fourth-order valence-corrected chi connectivity index (χ4v) is 1.50. The van der Waals surface area contributed by atoms with E-state index in [9.17, 15) is 9.59 Å². The quantitative estimate of drug-likeness (QED) is 0.584. The molecule has 0 aliphatic carbocycles. The van der Waals surface area contributed by atoms with Crippen molar-refractivity contribution in [1.82, 2.24) is 5.32 Å². The second kappa shape index (κ2) is 4.09. The number of amides is 1. The molecule has 0 atom stereocenters. The third kappa shape index (κ3) is 2.31. The van der Waals surface area contributed by atoms with Gasteiger partial charge in [-0.1, -0.05) is 30.3 Å². The highest BCUT2D eigenvalue weighted by Gasteiger charge is 2.15. The van der Waals surface area contributed by atoms with Crippen LogP contribution in [0.5, 0.6) is 0 Å². The van der Waals surface area contributed by atoms with Gasteiger partial charge in [-0.05, 0) is 6.42 Å². The molecule has 1 aromatic rings. The van der Waals surface area contributed by atoms with E-state index in [0.29, 0.717) is 24.1 Å². The number of ketones is 1. The first-order valence-electron chi connectivity index (χ1n) is 4.85. The highest BCUT2D eigenvalue weighted by molar-refractivity contribution is 6.05. The summed E-state index contributed by atoms with van der Waals surface area (Å²) in [7, 11) is 0. The molecule has 0 aromatic heterocycles. The summed E-state index contributed by atoms with van der Waals surface area (Å²) in [4.78, 5) is 22.6. The number of rotatable bonds is 2. The smallest absolute Gasteiger partial charge is 0.224 e. The Hall–Kier alpha value is -1.90. The summed E-state index contributed by atoms with van der Waals surface area (Å²) >= 11 is 0. The molecule has 1 aliphatic heterocycles. The number of nitrogens with one attached hydrogen (secondary N) is 1. The van der Waals surface area contributed by atoms with Crippen LogP contribution >= 0.6 is 0 Å². The van der Waals surface area contributed by atoms with Crippen molar-refractivity contribution in [3.05, 3.63) is 47.7 Å². The van der Waals surface area contributed by atoms with Gasteiger partial charge in [-0.15, -0.1) is 0 Å². The van der Waals surface area contributed by atoms with Crippen molar-refractivity contribution >= 4 is 11.7 Å². The monoisotopic (exact) mass is 201 g/mol. The molecule has 1 amide bonds. The van der Waals surface area contributed by atoms with Crippen LogP contribution in [-0.2, 0) is 4.79 Å². The van der Waals surface area contributed by atoms with Crippen LogP contribution in [0.4, 0.5) is 0 Å². The first-order chi connectivity index (χ1) is 7.25. The molecular formula is C12H11NO2. The molecule has 3 heteroatoms. The number of benzene rings is 1. The molecule has 15 heavy (non-hydrogen) atoms. The molecule has 2 rings (SSSR count). The molecule has 0 radical (unpaired) electrons. The third-order valence-corrected chi connectivity index (χ3v) is 2.29. The van der Waals surface area contributed by atoms with Crippen LogP contribution in [0.2, 0.25) is 0 Å². The molecule has 1 heterocycles. The van der Waals surface area contributed by atoms with Crippen molar-refractivity contribution in [1.29, 1.82) is 0 Å². The maximum atomic E-state index is 11.7. The minimum Gasteiger partial charge on any atom is -0.330 e. The summed E-state index contributed by atoms with van der Waals surface area (Å²) < 4.78 is 0. The predicted molar refractivity (Wildman–Crippen MR) is 56.2 cm³/mol. The van der Waals surface area contributed by atoms with Gasteiger partial charge in [0.1, 0.15) is 0 Å². The van der Waals surface area contributed by atoms with Crippen molar-refractivity contribution in [3.63, 3.8) is 0 Å². The Kier molecular flexibility index (Phi) is 2.63. The normalized spacial score (nSPS) is 17.9. The van der Waals surface area contributed by atoms with Crippen molar-refractivity contribution < 1.29 is 9.59 Å².